The summed E-state index contributed by atoms with van der Waals surface area (Å²) in [6, 6.07) is 13.9. The molecule has 3 rings (SSSR count). The Labute approximate surface area is 171 Å². The SMILES string of the molecule is COc1cccc(CCC(=O)Nc2cccc(CN3CCSCC3)c2)c1OC. The van der Waals surface area contributed by atoms with Crippen molar-refractivity contribution in [2.24, 2.45) is 0 Å². The van der Waals surface area contributed by atoms with E-state index in [1.54, 1.807) is 14.2 Å². The zero-order chi connectivity index (χ0) is 19.8. The molecule has 0 bridgehead atoms. The Morgan fingerprint density at radius 3 is 2.64 bits per heavy atom. The number of nitrogens with zero attached hydrogens (tertiary/aromatic N) is 1. The van der Waals surface area contributed by atoms with E-state index in [4.69, 9.17) is 9.47 Å². The maximum Gasteiger partial charge on any atom is 0.224 e. The van der Waals surface area contributed by atoms with Crippen molar-refractivity contribution in [1.82, 2.24) is 4.90 Å². The third-order valence-electron chi connectivity index (χ3n) is 4.83. The number of aryl methyl sites for hydroxylation is 1. The number of amides is 1. The molecule has 1 fully saturated rings. The Morgan fingerprint density at radius 1 is 1.11 bits per heavy atom. The average Bonchev–Trinajstić information content (AvgIpc) is 2.72. The van der Waals surface area contributed by atoms with Crippen LogP contribution in [0.15, 0.2) is 42.5 Å². The summed E-state index contributed by atoms with van der Waals surface area (Å²) >= 11 is 2.01. The molecule has 0 aliphatic carbocycles. The first-order valence-electron chi connectivity index (χ1n) is 9.58. The van der Waals surface area contributed by atoms with Crippen LogP contribution < -0.4 is 14.8 Å². The number of hydrogen-bond acceptors (Lipinski definition) is 5. The predicted octanol–water partition coefficient (Wildman–Crippen LogP) is 3.82. The molecule has 5 nitrogen and oxygen atoms in total. The van der Waals surface area contributed by atoms with Crippen molar-refractivity contribution in [3.63, 3.8) is 0 Å². The summed E-state index contributed by atoms with van der Waals surface area (Å²) in [5.74, 6) is 3.77. The number of methoxy groups -OCH3 is 2. The molecule has 150 valence electrons. The fourth-order valence-corrected chi connectivity index (χ4v) is 4.37. The molecule has 0 aromatic heterocycles. The first-order chi connectivity index (χ1) is 13.7. The summed E-state index contributed by atoms with van der Waals surface area (Å²) in [5.41, 5.74) is 3.05. The van der Waals surface area contributed by atoms with Gasteiger partial charge in [-0.1, -0.05) is 24.3 Å². The van der Waals surface area contributed by atoms with Gasteiger partial charge in [-0.3, -0.25) is 9.69 Å². The quantitative estimate of drug-likeness (QED) is 0.730. The molecule has 28 heavy (non-hydrogen) atoms. The summed E-state index contributed by atoms with van der Waals surface area (Å²) in [6.07, 6.45) is 0.981. The van der Waals surface area contributed by atoms with E-state index in [2.05, 4.69) is 22.3 Å². The smallest absolute Gasteiger partial charge is 0.224 e. The topological polar surface area (TPSA) is 50.8 Å². The lowest BCUT2D eigenvalue weighted by Crippen LogP contribution is -2.31. The van der Waals surface area contributed by atoms with Crippen molar-refractivity contribution < 1.29 is 14.3 Å². The van der Waals surface area contributed by atoms with E-state index in [-0.39, 0.29) is 5.91 Å². The van der Waals surface area contributed by atoms with E-state index in [0.29, 0.717) is 24.3 Å². The van der Waals surface area contributed by atoms with Crippen LogP contribution in [0.2, 0.25) is 0 Å². The van der Waals surface area contributed by atoms with Crippen LogP contribution in [0.5, 0.6) is 11.5 Å². The molecule has 1 saturated heterocycles. The van der Waals surface area contributed by atoms with Crippen molar-refractivity contribution in [1.29, 1.82) is 0 Å². The van der Waals surface area contributed by atoms with Gasteiger partial charge in [0.1, 0.15) is 0 Å². The number of carbonyl (C=O) groups excluding carboxylic acids is 1. The van der Waals surface area contributed by atoms with E-state index in [9.17, 15) is 4.79 Å². The van der Waals surface area contributed by atoms with Gasteiger partial charge in [-0.25, -0.2) is 0 Å². The average molecular weight is 401 g/mol. The Balaban J connectivity index is 1.56. The number of para-hydroxylation sites is 1. The third kappa shape index (κ3) is 5.66. The van der Waals surface area contributed by atoms with Gasteiger partial charge < -0.3 is 14.8 Å². The third-order valence-corrected chi connectivity index (χ3v) is 5.77. The molecular weight excluding hydrogens is 372 g/mol. The van der Waals surface area contributed by atoms with Gasteiger partial charge in [0.2, 0.25) is 5.91 Å². The Morgan fingerprint density at radius 2 is 1.89 bits per heavy atom. The first-order valence-corrected chi connectivity index (χ1v) is 10.7. The van der Waals surface area contributed by atoms with E-state index in [1.807, 2.05) is 42.1 Å². The highest BCUT2D eigenvalue weighted by atomic mass is 32.2. The fourth-order valence-electron chi connectivity index (χ4n) is 3.39. The first kappa shape index (κ1) is 20.6. The molecular formula is C22H28N2O3S. The summed E-state index contributed by atoms with van der Waals surface area (Å²) in [6.45, 7) is 3.19. The molecule has 0 radical (unpaired) electrons. The van der Waals surface area contributed by atoms with Gasteiger partial charge in [0.25, 0.3) is 0 Å². The molecule has 6 heteroatoms. The predicted molar refractivity (Wildman–Crippen MR) is 116 cm³/mol. The number of hydrogen-bond donors (Lipinski definition) is 1. The van der Waals surface area contributed by atoms with Gasteiger partial charge in [-0.2, -0.15) is 11.8 Å². The van der Waals surface area contributed by atoms with E-state index in [1.165, 1.54) is 17.1 Å². The van der Waals surface area contributed by atoms with Crippen LogP contribution in [0, 0.1) is 0 Å². The molecule has 1 aliphatic heterocycles. The highest BCUT2D eigenvalue weighted by molar-refractivity contribution is 7.99. The van der Waals surface area contributed by atoms with Crippen molar-refractivity contribution in [3.05, 3.63) is 53.6 Å². The van der Waals surface area contributed by atoms with E-state index < -0.39 is 0 Å². The number of thioether (sulfide) groups is 1. The zero-order valence-electron chi connectivity index (χ0n) is 16.6. The number of benzene rings is 2. The van der Waals surface area contributed by atoms with Crippen molar-refractivity contribution in [3.8, 4) is 11.5 Å². The number of rotatable bonds is 8. The van der Waals surface area contributed by atoms with Crippen LogP contribution in [0.4, 0.5) is 5.69 Å². The molecule has 0 saturated carbocycles. The number of carbonyl (C=O) groups is 1. The Hall–Kier alpha value is -2.18. The van der Waals surface area contributed by atoms with Gasteiger partial charge in [-0.05, 0) is 35.7 Å². The van der Waals surface area contributed by atoms with E-state index >= 15 is 0 Å². The zero-order valence-corrected chi connectivity index (χ0v) is 17.4. The summed E-state index contributed by atoms with van der Waals surface area (Å²) in [7, 11) is 3.23. The molecule has 2 aromatic rings. The van der Waals surface area contributed by atoms with E-state index in [0.717, 1.165) is 30.9 Å². The molecule has 1 amide bonds. The maximum atomic E-state index is 12.4. The second-order valence-electron chi connectivity index (χ2n) is 6.79. The molecule has 0 atom stereocenters. The largest absolute Gasteiger partial charge is 0.493 e. The number of anilines is 1. The van der Waals surface area contributed by atoms with Crippen LogP contribution in [-0.4, -0.2) is 49.6 Å². The number of nitrogens with one attached hydrogen (secondary N) is 1. The highest BCUT2D eigenvalue weighted by Crippen LogP contribution is 2.31. The van der Waals surface area contributed by atoms with Crippen LogP contribution >= 0.6 is 11.8 Å². The van der Waals surface area contributed by atoms with Crippen LogP contribution in [-0.2, 0) is 17.8 Å². The Bertz CT molecular complexity index is 791. The lowest BCUT2D eigenvalue weighted by molar-refractivity contribution is -0.116. The van der Waals surface area contributed by atoms with Gasteiger partial charge in [0.05, 0.1) is 14.2 Å². The normalized spacial score (nSPS) is 14.5. The highest BCUT2D eigenvalue weighted by Gasteiger charge is 2.13. The fraction of sp³-hybridized carbons (Fsp3) is 0.409. The maximum absolute atomic E-state index is 12.4. The monoisotopic (exact) mass is 400 g/mol. The minimum Gasteiger partial charge on any atom is -0.493 e. The minimum atomic E-state index is -0.00334. The number of ether oxygens (including phenoxy) is 2. The Kier molecular flexibility index (Phi) is 7.62. The van der Waals surface area contributed by atoms with Crippen molar-refractivity contribution >= 4 is 23.4 Å². The van der Waals surface area contributed by atoms with Gasteiger partial charge >= 0.3 is 0 Å². The summed E-state index contributed by atoms with van der Waals surface area (Å²) in [5, 5.41) is 3.02. The lowest BCUT2D eigenvalue weighted by Gasteiger charge is -2.26. The second kappa shape index (κ2) is 10.4. The van der Waals surface area contributed by atoms with Crippen molar-refractivity contribution in [2.45, 2.75) is 19.4 Å². The standard InChI is InChI=1S/C22H28N2O3S/c1-26-20-8-4-6-18(22(20)27-2)9-10-21(25)23-19-7-3-5-17(15-19)16-24-11-13-28-14-12-24/h3-8,15H,9-14,16H2,1-2H3,(H,23,25). The van der Waals surface area contributed by atoms with Crippen LogP contribution in [0.25, 0.3) is 0 Å². The van der Waals surface area contributed by atoms with Crippen molar-refractivity contribution in [2.75, 3.05) is 44.1 Å². The molecule has 1 aliphatic rings. The molecule has 0 unspecified atom stereocenters. The van der Waals surface area contributed by atoms with Crippen LogP contribution in [0.3, 0.4) is 0 Å². The second-order valence-corrected chi connectivity index (χ2v) is 8.01. The summed E-state index contributed by atoms with van der Waals surface area (Å²) < 4.78 is 10.8. The van der Waals surface area contributed by atoms with Gasteiger partial charge in [-0.15, -0.1) is 0 Å². The lowest BCUT2D eigenvalue weighted by atomic mass is 10.1. The molecule has 2 aromatic carbocycles. The minimum absolute atomic E-state index is 0.00334. The van der Waals surface area contributed by atoms with Crippen LogP contribution in [0.1, 0.15) is 17.5 Å². The summed E-state index contributed by atoms with van der Waals surface area (Å²) in [4.78, 5) is 14.9. The molecule has 1 N–H and O–H groups in total. The van der Waals surface area contributed by atoms with Gasteiger partial charge in [0, 0.05) is 43.2 Å². The molecule has 0 spiro atoms. The van der Waals surface area contributed by atoms with Gasteiger partial charge in [0.15, 0.2) is 11.5 Å². The molecule has 1 heterocycles.